The summed E-state index contributed by atoms with van der Waals surface area (Å²) in [5, 5.41) is 12.9. The Hall–Kier alpha value is -3.18. The molecule has 1 aliphatic rings. The van der Waals surface area contributed by atoms with Crippen molar-refractivity contribution >= 4 is 5.91 Å². The zero-order valence-electron chi connectivity index (χ0n) is 16.3. The van der Waals surface area contributed by atoms with Crippen LogP contribution in [0.25, 0.3) is 11.1 Å². The fourth-order valence-electron chi connectivity index (χ4n) is 3.88. The second kappa shape index (κ2) is 8.88. The van der Waals surface area contributed by atoms with Gasteiger partial charge in [-0.15, -0.1) is 0 Å². The largest absolute Gasteiger partial charge is 0.508 e. The maximum absolute atomic E-state index is 12.8. The number of piperidine rings is 1. The molecular formula is C24H25N3O2. The van der Waals surface area contributed by atoms with Crippen LogP contribution in [0, 0.1) is 0 Å². The van der Waals surface area contributed by atoms with Crippen LogP contribution < -0.4 is 5.32 Å². The normalized spacial score (nSPS) is 17.0. The predicted octanol–water partition coefficient (Wildman–Crippen LogP) is 3.85. The summed E-state index contributed by atoms with van der Waals surface area (Å²) in [4.78, 5) is 19.2. The van der Waals surface area contributed by atoms with Gasteiger partial charge in [0.25, 0.3) is 5.91 Å². The summed E-state index contributed by atoms with van der Waals surface area (Å²) in [7, 11) is 0. The highest BCUT2D eigenvalue weighted by Crippen LogP contribution is 2.20. The maximum atomic E-state index is 12.8. The molecule has 0 bridgehead atoms. The lowest BCUT2D eigenvalue weighted by Gasteiger charge is -2.33. The second-order valence-corrected chi connectivity index (χ2v) is 7.53. The molecule has 2 aromatic carbocycles. The molecule has 1 unspecified atom stereocenters. The quantitative estimate of drug-likeness (QED) is 0.698. The van der Waals surface area contributed by atoms with E-state index in [2.05, 4.69) is 15.2 Å². The van der Waals surface area contributed by atoms with E-state index in [0.29, 0.717) is 11.3 Å². The van der Waals surface area contributed by atoms with Gasteiger partial charge in [-0.05, 0) is 72.5 Å². The van der Waals surface area contributed by atoms with Gasteiger partial charge in [-0.25, -0.2) is 0 Å². The molecule has 29 heavy (non-hydrogen) atoms. The van der Waals surface area contributed by atoms with Crippen molar-refractivity contribution in [3.8, 4) is 16.9 Å². The van der Waals surface area contributed by atoms with Crippen molar-refractivity contribution < 1.29 is 9.90 Å². The predicted molar refractivity (Wildman–Crippen MR) is 114 cm³/mol. The minimum atomic E-state index is -0.0369. The monoisotopic (exact) mass is 387 g/mol. The summed E-state index contributed by atoms with van der Waals surface area (Å²) in [6.45, 7) is 2.59. The van der Waals surface area contributed by atoms with Gasteiger partial charge in [0, 0.05) is 37.1 Å². The van der Waals surface area contributed by atoms with Gasteiger partial charge in [-0.3, -0.25) is 14.7 Å². The summed E-state index contributed by atoms with van der Waals surface area (Å²) in [5.74, 6) is 0.253. The first kappa shape index (κ1) is 19.2. The van der Waals surface area contributed by atoms with Gasteiger partial charge in [0.2, 0.25) is 0 Å². The van der Waals surface area contributed by atoms with Crippen LogP contribution in [0.5, 0.6) is 5.75 Å². The molecule has 1 aromatic heterocycles. The third-order valence-electron chi connectivity index (χ3n) is 5.30. The second-order valence-electron chi connectivity index (χ2n) is 7.53. The number of phenols is 1. The molecule has 4 rings (SSSR count). The lowest BCUT2D eigenvalue weighted by atomic mass is 10.0. The van der Waals surface area contributed by atoms with E-state index < -0.39 is 0 Å². The number of aromatic nitrogens is 1. The minimum absolute atomic E-state index is 0.0369. The maximum Gasteiger partial charge on any atom is 0.251 e. The molecule has 1 saturated heterocycles. The summed E-state index contributed by atoms with van der Waals surface area (Å²) >= 11 is 0. The smallest absolute Gasteiger partial charge is 0.251 e. The topological polar surface area (TPSA) is 65.5 Å². The number of pyridine rings is 1. The molecule has 2 N–H and O–H groups in total. The van der Waals surface area contributed by atoms with Gasteiger partial charge >= 0.3 is 0 Å². The Labute approximate surface area is 171 Å². The molecule has 1 fully saturated rings. The molecule has 148 valence electrons. The molecule has 0 spiro atoms. The van der Waals surface area contributed by atoms with Crippen molar-refractivity contribution in [2.75, 3.05) is 13.1 Å². The van der Waals surface area contributed by atoms with E-state index in [1.165, 1.54) is 0 Å². The Balaban J connectivity index is 1.39. The standard InChI is InChI=1S/C24H25N3O2/c28-23-8-1-4-18(14-23)16-27-13-3-7-22(17-27)26-24(29)21-6-2-5-20(15-21)19-9-11-25-12-10-19/h1-2,4-6,8-12,14-15,22,28H,3,7,13,16-17H2,(H,26,29). The Kier molecular flexibility index (Phi) is 5.86. The number of carbonyl (C=O) groups is 1. The molecule has 5 heteroatoms. The zero-order valence-corrected chi connectivity index (χ0v) is 16.3. The third kappa shape index (κ3) is 5.00. The van der Waals surface area contributed by atoms with Crippen LogP contribution in [0.15, 0.2) is 73.1 Å². The molecule has 2 heterocycles. The van der Waals surface area contributed by atoms with Crippen LogP contribution in [-0.4, -0.2) is 40.0 Å². The van der Waals surface area contributed by atoms with Crippen molar-refractivity contribution in [1.29, 1.82) is 0 Å². The van der Waals surface area contributed by atoms with Crippen LogP contribution in [-0.2, 0) is 6.54 Å². The highest BCUT2D eigenvalue weighted by atomic mass is 16.3. The first-order valence-corrected chi connectivity index (χ1v) is 9.99. The molecule has 0 aliphatic carbocycles. The van der Waals surface area contributed by atoms with E-state index in [-0.39, 0.29) is 11.9 Å². The van der Waals surface area contributed by atoms with Crippen LogP contribution in [0.1, 0.15) is 28.8 Å². The number of hydrogen-bond acceptors (Lipinski definition) is 4. The van der Waals surface area contributed by atoms with Crippen molar-refractivity contribution in [3.63, 3.8) is 0 Å². The number of carbonyl (C=O) groups excluding carboxylic acids is 1. The van der Waals surface area contributed by atoms with Crippen molar-refractivity contribution in [2.45, 2.75) is 25.4 Å². The fraction of sp³-hybridized carbons (Fsp3) is 0.250. The molecule has 1 aliphatic heterocycles. The number of likely N-dealkylation sites (tertiary alicyclic amines) is 1. The summed E-state index contributed by atoms with van der Waals surface area (Å²) in [6, 6.07) is 19.1. The Morgan fingerprint density at radius 1 is 1.07 bits per heavy atom. The average Bonchev–Trinajstić information content (AvgIpc) is 2.75. The molecule has 5 nitrogen and oxygen atoms in total. The van der Waals surface area contributed by atoms with E-state index in [4.69, 9.17) is 0 Å². The molecular weight excluding hydrogens is 362 g/mol. The number of aromatic hydroxyl groups is 1. The Morgan fingerprint density at radius 2 is 1.90 bits per heavy atom. The SMILES string of the molecule is O=C(NC1CCCN(Cc2cccc(O)c2)C1)c1cccc(-c2ccncc2)c1. The van der Waals surface area contributed by atoms with Crippen molar-refractivity contribution in [3.05, 3.63) is 84.2 Å². The summed E-state index contributed by atoms with van der Waals surface area (Å²) < 4.78 is 0. The lowest BCUT2D eigenvalue weighted by molar-refractivity contribution is 0.0901. The lowest BCUT2D eigenvalue weighted by Crippen LogP contribution is -2.47. The molecule has 1 atom stereocenters. The number of nitrogens with one attached hydrogen (secondary N) is 1. The number of nitrogens with zero attached hydrogens (tertiary/aromatic N) is 2. The Morgan fingerprint density at radius 3 is 2.72 bits per heavy atom. The molecule has 3 aromatic rings. The number of rotatable bonds is 5. The number of benzene rings is 2. The Bertz CT molecular complexity index is 975. The van der Waals surface area contributed by atoms with Crippen molar-refractivity contribution in [2.24, 2.45) is 0 Å². The fourth-order valence-corrected chi connectivity index (χ4v) is 3.88. The molecule has 0 saturated carbocycles. The van der Waals surface area contributed by atoms with E-state index in [1.807, 2.05) is 48.5 Å². The van der Waals surface area contributed by atoms with E-state index >= 15 is 0 Å². The highest BCUT2D eigenvalue weighted by molar-refractivity contribution is 5.95. The van der Waals surface area contributed by atoms with Crippen LogP contribution in [0.3, 0.4) is 0 Å². The first-order valence-electron chi connectivity index (χ1n) is 9.99. The van der Waals surface area contributed by atoms with Crippen LogP contribution in [0.2, 0.25) is 0 Å². The van der Waals surface area contributed by atoms with E-state index in [9.17, 15) is 9.90 Å². The van der Waals surface area contributed by atoms with E-state index in [1.54, 1.807) is 24.5 Å². The van der Waals surface area contributed by atoms with Crippen LogP contribution >= 0.6 is 0 Å². The van der Waals surface area contributed by atoms with Gasteiger partial charge in [-0.1, -0.05) is 24.3 Å². The number of phenolic OH excluding ortho intramolecular Hbond substituents is 1. The first-order chi connectivity index (χ1) is 14.2. The van der Waals surface area contributed by atoms with Gasteiger partial charge in [0.1, 0.15) is 5.75 Å². The highest BCUT2D eigenvalue weighted by Gasteiger charge is 2.22. The van der Waals surface area contributed by atoms with Gasteiger partial charge in [-0.2, -0.15) is 0 Å². The average molecular weight is 387 g/mol. The summed E-state index contributed by atoms with van der Waals surface area (Å²) in [5.41, 5.74) is 3.81. The van der Waals surface area contributed by atoms with Crippen molar-refractivity contribution in [1.82, 2.24) is 15.2 Å². The number of hydrogen-bond donors (Lipinski definition) is 2. The molecule has 1 amide bonds. The van der Waals surface area contributed by atoms with Gasteiger partial charge < -0.3 is 10.4 Å². The summed E-state index contributed by atoms with van der Waals surface area (Å²) in [6.07, 6.45) is 5.53. The third-order valence-corrected chi connectivity index (χ3v) is 5.30. The zero-order chi connectivity index (χ0) is 20.1. The number of amides is 1. The van der Waals surface area contributed by atoms with Crippen LogP contribution in [0.4, 0.5) is 0 Å². The van der Waals surface area contributed by atoms with Gasteiger partial charge in [0.05, 0.1) is 0 Å². The molecule has 0 radical (unpaired) electrons. The van der Waals surface area contributed by atoms with E-state index in [0.717, 1.165) is 49.2 Å². The van der Waals surface area contributed by atoms with Gasteiger partial charge in [0.15, 0.2) is 0 Å². The minimum Gasteiger partial charge on any atom is -0.508 e.